The standard InChI is InChI=1S/C10H7N4O/c1-15-10-4-2-8(3-5-10)13-14-9(6-11)7-12/h2-5H,1H3/q-1. The second-order valence-corrected chi connectivity index (χ2v) is 2.47. The Kier molecular flexibility index (Phi) is 3.78. The van der Waals surface area contributed by atoms with Crippen LogP contribution in [0.5, 0.6) is 5.75 Å². The molecule has 0 unspecified atom stereocenters. The molecule has 0 heterocycles. The Labute approximate surface area is 86.8 Å². The summed E-state index contributed by atoms with van der Waals surface area (Å²) >= 11 is 0. The molecule has 0 saturated heterocycles. The van der Waals surface area contributed by atoms with E-state index in [0.717, 1.165) is 0 Å². The van der Waals surface area contributed by atoms with Crippen molar-refractivity contribution in [2.45, 2.75) is 0 Å². The van der Waals surface area contributed by atoms with Gasteiger partial charge in [-0.05, 0) is 24.3 Å². The van der Waals surface area contributed by atoms with Crippen molar-refractivity contribution in [3.05, 3.63) is 35.4 Å². The maximum Gasteiger partial charge on any atom is 0.182 e. The summed E-state index contributed by atoms with van der Waals surface area (Å²) in [5, 5.41) is 24.0. The van der Waals surface area contributed by atoms with Gasteiger partial charge < -0.3 is 10.1 Å². The van der Waals surface area contributed by atoms with Gasteiger partial charge in [-0.3, -0.25) is 0 Å². The number of ether oxygens (including phenoxy) is 1. The lowest BCUT2D eigenvalue weighted by molar-refractivity contribution is 0.415. The summed E-state index contributed by atoms with van der Waals surface area (Å²) in [6.07, 6.45) is 0. The maximum absolute atomic E-state index is 8.40. The molecular weight excluding hydrogens is 192 g/mol. The van der Waals surface area contributed by atoms with Gasteiger partial charge in [-0.2, -0.15) is 5.26 Å². The highest BCUT2D eigenvalue weighted by atomic mass is 16.5. The van der Waals surface area contributed by atoms with Crippen molar-refractivity contribution in [2.24, 2.45) is 10.2 Å². The zero-order valence-electron chi connectivity index (χ0n) is 8.01. The maximum atomic E-state index is 8.40. The molecule has 5 nitrogen and oxygen atoms in total. The third kappa shape index (κ3) is 3.07. The fourth-order valence-electron chi connectivity index (χ4n) is 0.826. The predicted molar refractivity (Wildman–Crippen MR) is 55.0 cm³/mol. The fraction of sp³-hybridized carbons (Fsp3) is 0.100. The van der Waals surface area contributed by atoms with Gasteiger partial charge in [0.05, 0.1) is 12.8 Å². The topological polar surface area (TPSA) is 80.0 Å². The van der Waals surface area contributed by atoms with Gasteiger partial charge in [0, 0.05) is 0 Å². The number of nitrogens with zero attached hydrogens (tertiary/aromatic N) is 4. The highest BCUT2D eigenvalue weighted by Crippen LogP contribution is 2.18. The molecule has 0 spiro atoms. The van der Waals surface area contributed by atoms with Gasteiger partial charge in [0.2, 0.25) is 0 Å². The summed E-state index contributed by atoms with van der Waals surface area (Å²) in [4.78, 5) is 0. The molecule has 0 aliphatic carbocycles. The van der Waals surface area contributed by atoms with Crippen molar-refractivity contribution >= 4 is 11.6 Å². The van der Waals surface area contributed by atoms with Crippen LogP contribution in [0.25, 0.3) is 5.41 Å². The average Bonchev–Trinajstić information content (AvgIpc) is 2.31. The van der Waals surface area contributed by atoms with Crippen LogP contribution in [-0.2, 0) is 0 Å². The summed E-state index contributed by atoms with van der Waals surface area (Å²) in [5.41, 5.74) is 0.282. The molecule has 0 aromatic heterocycles. The Balaban J connectivity index is 2.82. The van der Waals surface area contributed by atoms with E-state index < -0.39 is 0 Å². The first-order chi connectivity index (χ1) is 7.30. The van der Waals surface area contributed by atoms with Crippen LogP contribution in [0, 0.1) is 11.3 Å². The number of azo groups is 1. The summed E-state index contributed by atoms with van der Waals surface area (Å²) in [6, 6.07) is 8.40. The Morgan fingerprint density at radius 1 is 1.40 bits per heavy atom. The van der Waals surface area contributed by atoms with Crippen molar-refractivity contribution in [1.29, 1.82) is 5.26 Å². The van der Waals surface area contributed by atoms with E-state index in [1.165, 1.54) is 0 Å². The number of hydrogen-bond donors (Lipinski definition) is 0. The molecule has 5 heteroatoms. The molecule has 0 bridgehead atoms. The normalized spacial score (nSPS) is 9.33. The lowest BCUT2D eigenvalue weighted by Crippen LogP contribution is -1.79. The predicted octanol–water partition coefficient (Wildman–Crippen LogP) is 2.43. The first kappa shape index (κ1) is 10.6. The SMILES string of the molecule is COc1ccc(N=NC(=C=[N-])C#N)cc1. The second kappa shape index (κ2) is 5.32. The molecule has 1 aromatic rings. The van der Waals surface area contributed by atoms with Crippen LogP contribution in [0.4, 0.5) is 5.69 Å². The molecule has 15 heavy (non-hydrogen) atoms. The van der Waals surface area contributed by atoms with E-state index >= 15 is 0 Å². The second-order valence-electron chi connectivity index (χ2n) is 2.47. The van der Waals surface area contributed by atoms with Crippen molar-refractivity contribution < 1.29 is 4.74 Å². The van der Waals surface area contributed by atoms with Crippen LogP contribution in [0.1, 0.15) is 0 Å². The van der Waals surface area contributed by atoms with Gasteiger partial charge in [0.1, 0.15) is 11.8 Å². The van der Waals surface area contributed by atoms with Gasteiger partial charge in [-0.15, -0.1) is 10.2 Å². The molecule has 0 saturated carbocycles. The summed E-state index contributed by atoms with van der Waals surface area (Å²) in [7, 11) is 1.56. The summed E-state index contributed by atoms with van der Waals surface area (Å²) in [6.45, 7) is 0. The molecule has 1 aromatic carbocycles. The Bertz CT molecular complexity index is 449. The number of hydrogen-bond acceptors (Lipinski definition) is 4. The van der Waals surface area contributed by atoms with E-state index in [9.17, 15) is 0 Å². The quantitative estimate of drug-likeness (QED) is 0.425. The molecule has 0 radical (unpaired) electrons. The Morgan fingerprint density at radius 3 is 2.53 bits per heavy atom. The smallest absolute Gasteiger partial charge is 0.182 e. The van der Waals surface area contributed by atoms with Crippen molar-refractivity contribution in [1.82, 2.24) is 0 Å². The molecule has 0 amide bonds. The van der Waals surface area contributed by atoms with Crippen LogP contribution in [0.15, 0.2) is 40.2 Å². The molecule has 0 N–H and O–H groups in total. The largest absolute Gasteiger partial charge is 0.761 e. The third-order valence-electron chi connectivity index (χ3n) is 1.55. The zero-order valence-corrected chi connectivity index (χ0v) is 8.01. The lowest BCUT2D eigenvalue weighted by Gasteiger charge is -1.97. The van der Waals surface area contributed by atoms with E-state index in [4.69, 9.17) is 15.4 Å². The summed E-state index contributed by atoms with van der Waals surface area (Å²) < 4.78 is 4.95. The van der Waals surface area contributed by atoms with Crippen LogP contribution in [-0.4, -0.2) is 13.0 Å². The van der Waals surface area contributed by atoms with Gasteiger partial charge >= 0.3 is 0 Å². The van der Waals surface area contributed by atoms with E-state index in [0.29, 0.717) is 11.4 Å². The van der Waals surface area contributed by atoms with E-state index in [-0.39, 0.29) is 5.70 Å². The van der Waals surface area contributed by atoms with Crippen molar-refractivity contribution in [3.8, 4) is 11.8 Å². The van der Waals surface area contributed by atoms with Gasteiger partial charge in [0.15, 0.2) is 5.70 Å². The van der Waals surface area contributed by atoms with Crippen molar-refractivity contribution in [3.63, 3.8) is 0 Å². The Morgan fingerprint density at radius 2 is 2.07 bits per heavy atom. The van der Waals surface area contributed by atoms with Crippen LogP contribution in [0.3, 0.4) is 0 Å². The minimum atomic E-state index is -0.272. The summed E-state index contributed by atoms with van der Waals surface area (Å²) in [5.74, 6) is 2.32. The first-order valence-corrected chi connectivity index (χ1v) is 4.03. The average molecular weight is 199 g/mol. The minimum absolute atomic E-state index is 0.272. The van der Waals surface area contributed by atoms with Crippen LogP contribution < -0.4 is 4.74 Å². The van der Waals surface area contributed by atoms with E-state index in [1.807, 2.05) is 0 Å². The molecule has 0 aliphatic rings. The first-order valence-electron chi connectivity index (χ1n) is 4.03. The minimum Gasteiger partial charge on any atom is -0.761 e. The number of methoxy groups -OCH3 is 1. The highest BCUT2D eigenvalue weighted by molar-refractivity contribution is 5.65. The molecular formula is C10H7N4O-. The van der Waals surface area contributed by atoms with Gasteiger partial charge in [-0.25, -0.2) is 5.87 Å². The number of benzene rings is 1. The third-order valence-corrected chi connectivity index (χ3v) is 1.55. The molecule has 0 fully saturated rings. The Hall–Kier alpha value is -2.44. The zero-order chi connectivity index (χ0) is 11.1. The molecule has 1 rings (SSSR count). The number of allylic oxidation sites excluding steroid dienone is 1. The molecule has 0 atom stereocenters. The highest BCUT2D eigenvalue weighted by Gasteiger charge is 1.92. The van der Waals surface area contributed by atoms with E-state index in [2.05, 4.69) is 10.2 Å². The van der Waals surface area contributed by atoms with Gasteiger partial charge in [-0.1, -0.05) is 0 Å². The number of nitriles is 1. The van der Waals surface area contributed by atoms with Crippen LogP contribution >= 0.6 is 0 Å². The lowest BCUT2D eigenvalue weighted by atomic mass is 10.3. The molecule has 0 aliphatic heterocycles. The van der Waals surface area contributed by atoms with Crippen LogP contribution in [0.2, 0.25) is 0 Å². The molecule has 74 valence electrons. The monoisotopic (exact) mass is 199 g/mol. The number of rotatable bonds is 3. The van der Waals surface area contributed by atoms with E-state index in [1.54, 1.807) is 43.3 Å². The van der Waals surface area contributed by atoms with Gasteiger partial charge in [0.25, 0.3) is 0 Å². The fourth-order valence-corrected chi connectivity index (χ4v) is 0.826. The van der Waals surface area contributed by atoms with Crippen molar-refractivity contribution in [2.75, 3.05) is 7.11 Å².